The monoisotopic (exact) mass is 410 g/mol. The van der Waals surface area contributed by atoms with Crippen molar-refractivity contribution < 1.29 is 9.53 Å². The summed E-state index contributed by atoms with van der Waals surface area (Å²) in [7, 11) is 3.49. The first-order valence-electron chi connectivity index (χ1n) is 9.66. The molecule has 0 N–H and O–H groups in total. The minimum atomic E-state index is 0.0945. The van der Waals surface area contributed by atoms with Gasteiger partial charge >= 0.3 is 0 Å². The molecule has 7 heteroatoms. The second-order valence-electron chi connectivity index (χ2n) is 6.66. The molecule has 0 aliphatic rings. The zero-order valence-electron chi connectivity index (χ0n) is 17.0. The van der Waals surface area contributed by atoms with Crippen molar-refractivity contribution in [3.8, 4) is 22.8 Å². The van der Waals surface area contributed by atoms with E-state index in [1.807, 2.05) is 66.2 Å². The number of carbonyl (C=O) groups excluding carboxylic acids is 1. The molecule has 2 aromatic carbocycles. The standard InChI is InChI=1S/C22H26N4O2S/c1-4-5-15-25(2)20(27)16-29-22-24-23-21(17-11-13-19(28-3)14-12-17)26(22)18-9-7-6-8-10-18/h6-14H,4-5,15-16H2,1-3H3. The van der Waals surface area contributed by atoms with Crippen molar-refractivity contribution in [1.82, 2.24) is 19.7 Å². The molecule has 6 nitrogen and oxygen atoms in total. The van der Waals surface area contributed by atoms with Crippen molar-refractivity contribution in [3.05, 3.63) is 54.6 Å². The molecule has 0 aliphatic heterocycles. The first-order chi connectivity index (χ1) is 14.1. The molecule has 1 amide bonds. The zero-order valence-corrected chi connectivity index (χ0v) is 17.9. The van der Waals surface area contributed by atoms with Crippen LogP contribution in [0.5, 0.6) is 5.75 Å². The Morgan fingerprint density at radius 3 is 2.48 bits per heavy atom. The lowest BCUT2D eigenvalue weighted by Gasteiger charge is -2.16. The topological polar surface area (TPSA) is 60.3 Å². The Hall–Kier alpha value is -2.80. The summed E-state index contributed by atoms with van der Waals surface area (Å²) < 4.78 is 7.24. The van der Waals surface area contributed by atoms with Gasteiger partial charge in [0.25, 0.3) is 0 Å². The largest absolute Gasteiger partial charge is 0.497 e. The van der Waals surface area contributed by atoms with Gasteiger partial charge in [0.15, 0.2) is 11.0 Å². The molecule has 29 heavy (non-hydrogen) atoms. The van der Waals surface area contributed by atoms with E-state index in [2.05, 4.69) is 17.1 Å². The van der Waals surface area contributed by atoms with Crippen LogP contribution < -0.4 is 4.74 Å². The van der Waals surface area contributed by atoms with Crippen LogP contribution in [0.1, 0.15) is 19.8 Å². The molecule has 0 aliphatic carbocycles. The van der Waals surface area contributed by atoms with E-state index < -0.39 is 0 Å². The lowest BCUT2D eigenvalue weighted by atomic mass is 10.2. The minimum absolute atomic E-state index is 0.0945. The van der Waals surface area contributed by atoms with Gasteiger partial charge in [-0.05, 0) is 42.8 Å². The van der Waals surface area contributed by atoms with E-state index >= 15 is 0 Å². The molecule has 0 atom stereocenters. The molecule has 0 radical (unpaired) electrons. The van der Waals surface area contributed by atoms with Crippen LogP contribution in [-0.4, -0.2) is 52.0 Å². The average Bonchev–Trinajstić information content (AvgIpc) is 3.20. The van der Waals surface area contributed by atoms with Crippen molar-refractivity contribution in [2.75, 3.05) is 26.5 Å². The van der Waals surface area contributed by atoms with Gasteiger partial charge in [0.2, 0.25) is 5.91 Å². The maximum atomic E-state index is 12.5. The highest BCUT2D eigenvalue weighted by molar-refractivity contribution is 7.99. The number of rotatable bonds is 9. The summed E-state index contributed by atoms with van der Waals surface area (Å²) in [5.74, 6) is 1.94. The Balaban J connectivity index is 1.87. The van der Waals surface area contributed by atoms with E-state index in [-0.39, 0.29) is 5.91 Å². The van der Waals surface area contributed by atoms with Crippen LogP contribution in [0, 0.1) is 0 Å². The van der Waals surface area contributed by atoms with Crippen LogP contribution in [0.4, 0.5) is 0 Å². The molecule has 3 aromatic rings. The van der Waals surface area contributed by atoms with Crippen LogP contribution >= 0.6 is 11.8 Å². The van der Waals surface area contributed by atoms with Gasteiger partial charge in [-0.1, -0.05) is 43.3 Å². The smallest absolute Gasteiger partial charge is 0.232 e. The number of nitrogens with zero attached hydrogens (tertiary/aromatic N) is 4. The number of thioether (sulfide) groups is 1. The molecular weight excluding hydrogens is 384 g/mol. The maximum Gasteiger partial charge on any atom is 0.232 e. The molecule has 152 valence electrons. The van der Waals surface area contributed by atoms with Gasteiger partial charge in [0.05, 0.1) is 12.9 Å². The summed E-state index contributed by atoms with van der Waals surface area (Å²) in [6.45, 7) is 2.90. The number of methoxy groups -OCH3 is 1. The van der Waals surface area contributed by atoms with Crippen molar-refractivity contribution in [2.24, 2.45) is 0 Å². The van der Waals surface area contributed by atoms with Gasteiger partial charge in [-0.2, -0.15) is 0 Å². The third kappa shape index (κ3) is 5.17. The summed E-state index contributed by atoms with van der Waals surface area (Å²) in [5, 5.41) is 9.49. The molecular formula is C22H26N4O2S. The number of para-hydroxylation sites is 1. The van der Waals surface area contributed by atoms with E-state index in [0.717, 1.165) is 42.2 Å². The summed E-state index contributed by atoms with van der Waals surface area (Å²) in [5.41, 5.74) is 1.89. The molecule has 0 bridgehead atoms. The van der Waals surface area contributed by atoms with Crippen molar-refractivity contribution in [1.29, 1.82) is 0 Å². The molecule has 1 aromatic heterocycles. The van der Waals surface area contributed by atoms with Gasteiger partial charge in [-0.3, -0.25) is 9.36 Å². The van der Waals surface area contributed by atoms with Gasteiger partial charge in [-0.15, -0.1) is 10.2 Å². The fourth-order valence-corrected chi connectivity index (χ4v) is 3.75. The van der Waals surface area contributed by atoms with E-state index in [1.54, 1.807) is 12.0 Å². The van der Waals surface area contributed by atoms with Gasteiger partial charge in [0, 0.05) is 24.8 Å². The zero-order chi connectivity index (χ0) is 20.6. The molecule has 0 saturated heterocycles. The highest BCUT2D eigenvalue weighted by Crippen LogP contribution is 2.29. The second kappa shape index (κ2) is 10.1. The quantitative estimate of drug-likeness (QED) is 0.493. The van der Waals surface area contributed by atoms with Crippen LogP contribution in [0.25, 0.3) is 17.1 Å². The molecule has 1 heterocycles. The van der Waals surface area contributed by atoms with Crippen LogP contribution in [-0.2, 0) is 4.79 Å². The van der Waals surface area contributed by atoms with Crippen molar-refractivity contribution in [3.63, 3.8) is 0 Å². The van der Waals surface area contributed by atoms with E-state index in [1.165, 1.54) is 11.8 Å². The Bertz CT molecular complexity index is 926. The minimum Gasteiger partial charge on any atom is -0.497 e. The number of amides is 1. The van der Waals surface area contributed by atoms with E-state index in [0.29, 0.717) is 10.9 Å². The predicted octanol–water partition coefficient (Wildman–Crippen LogP) is 4.29. The number of hydrogen-bond donors (Lipinski definition) is 0. The number of benzene rings is 2. The predicted molar refractivity (Wildman–Crippen MR) is 117 cm³/mol. The molecule has 0 unspecified atom stereocenters. The maximum absolute atomic E-state index is 12.5. The Morgan fingerprint density at radius 2 is 1.83 bits per heavy atom. The lowest BCUT2D eigenvalue weighted by Crippen LogP contribution is -2.29. The fourth-order valence-electron chi connectivity index (χ4n) is 2.86. The lowest BCUT2D eigenvalue weighted by molar-refractivity contribution is -0.127. The number of unbranched alkanes of at least 4 members (excludes halogenated alkanes) is 1. The third-order valence-corrected chi connectivity index (χ3v) is 5.51. The summed E-state index contributed by atoms with van der Waals surface area (Å²) in [6.07, 6.45) is 2.08. The summed E-state index contributed by atoms with van der Waals surface area (Å²) in [4.78, 5) is 14.2. The molecule has 3 rings (SSSR count). The van der Waals surface area contributed by atoms with Gasteiger partial charge in [0.1, 0.15) is 5.75 Å². The van der Waals surface area contributed by atoms with Crippen molar-refractivity contribution in [2.45, 2.75) is 24.9 Å². The summed E-state index contributed by atoms with van der Waals surface area (Å²) >= 11 is 1.41. The SMILES string of the molecule is CCCCN(C)C(=O)CSc1nnc(-c2ccc(OC)cc2)n1-c1ccccc1. The van der Waals surface area contributed by atoms with Crippen LogP contribution in [0.15, 0.2) is 59.8 Å². The Kier molecular flexibility index (Phi) is 7.30. The van der Waals surface area contributed by atoms with Crippen LogP contribution in [0.3, 0.4) is 0 Å². The Labute approximate surface area is 175 Å². The number of hydrogen-bond acceptors (Lipinski definition) is 5. The van der Waals surface area contributed by atoms with Gasteiger partial charge < -0.3 is 9.64 Å². The molecule has 0 spiro atoms. The van der Waals surface area contributed by atoms with Crippen molar-refractivity contribution >= 4 is 17.7 Å². The Morgan fingerprint density at radius 1 is 1.10 bits per heavy atom. The molecule has 0 fully saturated rings. The first kappa shape index (κ1) is 20.9. The van der Waals surface area contributed by atoms with E-state index in [9.17, 15) is 4.79 Å². The highest BCUT2D eigenvalue weighted by atomic mass is 32.2. The third-order valence-electron chi connectivity index (χ3n) is 4.59. The first-order valence-corrected chi connectivity index (χ1v) is 10.6. The second-order valence-corrected chi connectivity index (χ2v) is 7.61. The number of aromatic nitrogens is 3. The highest BCUT2D eigenvalue weighted by Gasteiger charge is 2.18. The van der Waals surface area contributed by atoms with E-state index in [4.69, 9.17) is 4.74 Å². The normalized spacial score (nSPS) is 10.7. The molecule has 0 saturated carbocycles. The average molecular weight is 411 g/mol. The number of ether oxygens (including phenoxy) is 1. The summed E-state index contributed by atoms with van der Waals surface area (Å²) in [6, 6.07) is 17.7. The van der Waals surface area contributed by atoms with Crippen LogP contribution in [0.2, 0.25) is 0 Å². The fraction of sp³-hybridized carbons (Fsp3) is 0.318. The van der Waals surface area contributed by atoms with Gasteiger partial charge in [-0.25, -0.2) is 0 Å². The number of carbonyl (C=O) groups is 1.